The Morgan fingerprint density at radius 3 is 2.67 bits per heavy atom. The lowest BCUT2D eigenvalue weighted by Crippen LogP contribution is -2.58. The summed E-state index contributed by atoms with van der Waals surface area (Å²) in [6, 6.07) is 0.101. The number of nitrogens with zero attached hydrogens (tertiary/aromatic N) is 2. The first-order valence-corrected chi connectivity index (χ1v) is 7.07. The summed E-state index contributed by atoms with van der Waals surface area (Å²) in [7, 11) is 0. The van der Waals surface area contributed by atoms with Crippen LogP contribution >= 0.6 is 0 Å². The maximum atomic E-state index is 12.5. The minimum atomic E-state index is -4.43. The van der Waals surface area contributed by atoms with Gasteiger partial charge in [0, 0.05) is 38.1 Å². The molecule has 0 aromatic heterocycles. The van der Waals surface area contributed by atoms with Crippen LogP contribution in [0.15, 0.2) is 0 Å². The number of alkyl halides is 3. The van der Waals surface area contributed by atoms with E-state index < -0.39 is 24.5 Å². The van der Waals surface area contributed by atoms with Gasteiger partial charge in [-0.2, -0.15) is 13.2 Å². The summed E-state index contributed by atoms with van der Waals surface area (Å²) < 4.78 is 37.1. The predicted octanol–water partition coefficient (Wildman–Crippen LogP) is 0.606. The van der Waals surface area contributed by atoms with E-state index >= 15 is 0 Å². The van der Waals surface area contributed by atoms with Gasteiger partial charge >= 0.3 is 6.18 Å². The van der Waals surface area contributed by atoms with Gasteiger partial charge in [-0.25, -0.2) is 0 Å². The number of amides is 2. The summed E-state index contributed by atoms with van der Waals surface area (Å²) >= 11 is 0. The predicted molar refractivity (Wildman–Crippen MR) is 69.4 cm³/mol. The largest absolute Gasteiger partial charge is 0.406 e. The number of hydrogen-bond acceptors (Lipinski definition) is 3. The zero-order valence-electron chi connectivity index (χ0n) is 12.1. The second kappa shape index (κ2) is 5.82. The highest BCUT2D eigenvalue weighted by molar-refractivity contribution is 5.89. The number of carbonyl (C=O) groups is 2. The van der Waals surface area contributed by atoms with Gasteiger partial charge in [-0.05, 0) is 13.8 Å². The van der Waals surface area contributed by atoms with E-state index in [1.54, 1.807) is 4.90 Å². The van der Waals surface area contributed by atoms with Crippen molar-refractivity contribution in [2.24, 2.45) is 5.92 Å². The number of piperazine rings is 1. The van der Waals surface area contributed by atoms with Crippen LogP contribution in [0.4, 0.5) is 13.2 Å². The molecule has 2 aliphatic rings. The van der Waals surface area contributed by atoms with Crippen molar-refractivity contribution in [2.75, 3.05) is 26.2 Å². The third-order valence-corrected chi connectivity index (χ3v) is 4.25. The van der Waals surface area contributed by atoms with E-state index in [0.29, 0.717) is 13.1 Å². The second-order valence-corrected chi connectivity index (χ2v) is 5.81. The van der Waals surface area contributed by atoms with Gasteiger partial charge < -0.3 is 15.1 Å². The van der Waals surface area contributed by atoms with Crippen LogP contribution in [0.3, 0.4) is 0 Å². The van der Waals surface area contributed by atoms with Gasteiger partial charge in [0.2, 0.25) is 11.8 Å². The van der Waals surface area contributed by atoms with Gasteiger partial charge in [0.1, 0.15) is 6.54 Å². The SMILES string of the molecule is CC1NCCN(C(=O)C2CC(=O)N(CC(F)(F)F)C2)C1C. The van der Waals surface area contributed by atoms with Gasteiger partial charge in [0.25, 0.3) is 0 Å². The molecule has 0 radical (unpaired) electrons. The molecule has 3 unspecified atom stereocenters. The molecule has 0 aromatic rings. The zero-order valence-corrected chi connectivity index (χ0v) is 12.1. The molecule has 0 aliphatic carbocycles. The molecule has 21 heavy (non-hydrogen) atoms. The highest BCUT2D eigenvalue weighted by Crippen LogP contribution is 2.26. The van der Waals surface area contributed by atoms with Crippen molar-refractivity contribution in [1.29, 1.82) is 0 Å². The third kappa shape index (κ3) is 3.66. The Kier molecular flexibility index (Phi) is 4.46. The van der Waals surface area contributed by atoms with E-state index in [1.165, 1.54) is 0 Å². The lowest BCUT2D eigenvalue weighted by atomic mass is 10.0. The Hall–Kier alpha value is -1.31. The Balaban J connectivity index is 1.99. The Morgan fingerprint density at radius 1 is 1.38 bits per heavy atom. The molecule has 120 valence electrons. The number of nitrogens with one attached hydrogen (secondary N) is 1. The minimum Gasteiger partial charge on any atom is -0.337 e. The average Bonchev–Trinajstić information content (AvgIpc) is 2.71. The van der Waals surface area contributed by atoms with Crippen molar-refractivity contribution >= 4 is 11.8 Å². The van der Waals surface area contributed by atoms with Crippen LogP contribution in [0.5, 0.6) is 0 Å². The molecule has 2 rings (SSSR count). The lowest BCUT2D eigenvalue weighted by Gasteiger charge is -2.39. The Labute approximate surface area is 121 Å². The standard InChI is InChI=1S/C13H20F3N3O2/c1-8-9(2)19(4-3-17-8)12(21)10-5-11(20)18(6-10)7-13(14,15)16/h8-10,17H,3-7H2,1-2H3. The smallest absolute Gasteiger partial charge is 0.337 e. The Morgan fingerprint density at radius 2 is 2.05 bits per heavy atom. The molecule has 5 nitrogen and oxygen atoms in total. The van der Waals surface area contributed by atoms with Crippen molar-refractivity contribution in [2.45, 2.75) is 38.5 Å². The van der Waals surface area contributed by atoms with Gasteiger partial charge in [-0.1, -0.05) is 0 Å². The molecular formula is C13H20F3N3O2. The normalized spacial score (nSPS) is 30.9. The van der Waals surface area contributed by atoms with E-state index in [4.69, 9.17) is 0 Å². The number of carbonyl (C=O) groups excluding carboxylic acids is 2. The number of rotatable bonds is 2. The molecule has 3 atom stereocenters. The Bertz CT molecular complexity index is 427. The number of likely N-dealkylation sites (tertiary alicyclic amines) is 1. The highest BCUT2D eigenvalue weighted by Gasteiger charge is 2.42. The molecule has 1 N–H and O–H groups in total. The molecule has 2 heterocycles. The fourth-order valence-corrected chi connectivity index (χ4v) is 2.91. The average molecular weight is 307 g/mol. The minimum absolute atomic E-state index is 0.0296. The van der Waals surface area contributed by atoms with Crippen molar-refractivity contribution in [3.8, 4) is 0 Å². The zero-order chi connectivity index (χ0) is 15.8. The van der Waals surface area contributed by atoms with Gasteiger partial charge in [0.05, 0.1) is 5.92 Å². The quantitative estimate of drug-likeness (QED) is 0.813. The summed E-state index contributed by atoms with van der Waals surface area (Å²) in [6.45, 7) is 3.63. The summed E-state index contributed by atoms with van der Waals surface area (Å²) in [5, 5.41) is 3.24. The van der Waals surface area contributed by atoms with Crippen LogP contribution in [-0.4, -0.2) is 66.1 Å². The van der Waals surface area contributed by atoms with Crippen molar-refractivity contribution in [3.05, 3.63) is 0 Å². The van der Waals surface area contributed by atoms with Crippen LogP contribution in [0.25, 0.3) is 0 Å². The highest BCUT2D eigenvalue weighted by atomic mass is 19.4. The summed E-state index contributed by atoms with van der Waals surface area (Å²) in [6.07, 6.45) is -4.55. The molecule has 2 saturated heterocycles. The third-order valence-electron chi connectivity index (χ3n) is 4.25. The molecule has 2 amide bonds. The summed E-state index contributed by atoms with van der Waals surface area (Å²) in [4.78, 5) is 26.5. The van der Waals surface area contributed by atoms with Crippen molar-refractivity contribution < 1.29 is 22.8 Å². The van der Waals surface area contributed by atoms with Gasteiger partial charge in [-0.15, -0.1) is 0 Å². The summed E-state index contributed by atoms with van der Waals surface area (Å²) in [5.41, 5.74) is 0. The molecule has 0 saturated carbocycles. The molecule has 8 heteroatoms. The molecule has 0 spiro atoms. The van der Waals surface area contributed by atoms with Gasteiger partial charge in [0.15, 0.2) is 0 Å². The first kappa shape index (κ1) is 16.1. The topological polar surface area (TPSA) is 52.7 Å². The van der Waals surface area contributed by atoms with E-state index in [1.807, 2.05) is 13.8 Å². The van der Waals surface area contributed by atoms with Crippen molar-refractivity contribution in [3.63, 3.8) is 0 Å². The first-order chi connectivity index (χ1) is 9.69. The van der Waals surface area contributed by atoms with Crippen LogP contribution < -0.4 is 5.32 Å². The van der Waals surface area contributed by atoms with E-state index in [-0.39, 0.29) is 31.0 Å². The van der Waals surface area contributed by atoms with E-state index in [0.717, 1.165) is 4.90 Å². The summed E-state index contributed by atoms with van der Waals surface area (Å²) in [5.74, 6) is -1.47. The molecule has 2 fully saturated rings. The molecular weight excluding hydrogens is 287 g/mol. The second-order valence-electron chi connectivity index (χ2n) is 5.81. The van der Waals surface area contributed by atoms with Crippen LogP contribution in [0.1, 0.15) is 20.3 Å². The fourth-order valence-electron chi connectivity index (χ4n) is 2.91. The maximum absolute atomic E-state index is 12.5. The molecule has 0 aromatic carbocycles. The maximum Gasteiger partial charge on any atom is 0.406 e. The number of hydrogen-bond donors (Lipinski definition) is 1. The first-order valence-electron chi connectivity index (χ1n) is 7.07. The lowest BCUT2D eigenvalue weighted by molar-refractivity contribution is -0.157. The van der Waals surface area contributed by atoms with E-state index in [9.17, 15) is 22.8 Å². The molecule has 0 bridgehead atoms. The van der Waals surface area contributed by atoms with Crippen LogP contribution in [0, 0.1) is 5.92 Å². The van der Waals surface area contributed by atoms with Crippen LogP contribution in [-0.2, 0) is 9.59 Å². The monoisotopic (exact) mass is 307 g/mol. The van der Waals surface area contributed by atoms with Gasteiger partial charge in [-0.3, -0.25) is 9.59 Å². The number of halogens is 3. The molecule has 2 aliphatic heterocycles. The van der Waals surface area contributed by atoms with Crippen LogP contribution in [0.2, 0.25) is 0 Å². The fraction of sp³-hybridized carbons (Fsp3) is 0.846. The van der Waals surface area contributed by atoms with Crippen molar-refractivity contribution in [1.82, 2.24) is 15.1 Å². The van der Waals surface area contributed by atoms with E-state index in [2.05, 4.69) is 5.32 Å².